The number of nitrogens with one attached hydrogen (secondary N) is 2. The molecule has 0 amide bonds. The number of aromatic nitrogens is 1. The van der Waals surface area contributed by atoms with E-state index in [1.807, 2.05) is 18.2 Å². The van der Waals surface area contributed by atoms with Crippen molar-refractivity contribution in [3.63, 3.8) is 0 Å². The second-order valence-corrected chi connectivity index (χ2v) is 7.65. The molecular formula is C20H27ClN4O. The molecule has 1 fully saturated rings. The molecule has 140 valence electrons. The predicted octanol–water partition coefficient (Wildman–Crippen LogP) is 4.24. The number of hydrogen-bond donors (Lipinski definition) is 2. The third-order valence-electron chi connectivity index (χ3n) is 4.81. The van der Waals surface area contributed by atoms with Gasteiger partial charge in [-0.15, -0.1) is 0 Å². The first-order valence-corrected chi connectivity index (χ1v) is 9.64. The Bertz CT molecular complexity index is 747. The van der Waals surface area contributed by atoms with Gasteiger partial charge >= 0.3 is 0 Å². The summed E-state index contributed by atoms with van der Waals surface area (Å²) in [6, 6.07) is 10.2. The number of guanidine groups is 1. The van der Waals surface area contributed by atoms with Crippen molar-refractivity contribution in [1.29, 1.82) is 0 Å². The van der Waals surface area contributed by atoms with Crippen molar-refractivity contribution < 1.29 is 4.52 Å². The Morgan fingerprint density at radius 3 is 2.58 bits per heavy atom. The lowest BCUT2D eigenvalue weighted by Crippen LogP contribution is -2.41. The van der Waals surface area contributed by atoms with Crippen LogP contribution in [0.3, 0.4) is 0 Å². The molecule has 6 heteroatoms. The lowest BCUT2D eigenvalue weighted by atomic mass is 9.96. The summed E-state index contributed by atoms with van der Waals surface area (Å²) >= 11 is 6.01. The highest BCUT2D eigenvalue weighted by atomic mass is 35.5. The number of hydrogen-bond acceptors (Lipinski definition) is 3. The SMILES string of the molecule is CCNC(=NCc1cc(C(C)C)no1)NCC1(c2ccc(Cl)cc2)CC1. The Hall–Kier alpha value is -2.01. The second-order valence-electron chi connectivity index (χ2n) is 7.21. The van der Waals surface area contributed by atoms with Gasteiger partial charge in [-0.05, 0) is 43.4 Å². The molecule has 1 heterocycles. The van der Waals surface area contributed by atoms with Crippen LogP contribution in [-0.4, -0.2) is 24.2 Å². The van der Waals surface area contributed by atoms with Crippen LogP contribution in [0, 0.1) is 0 Å². The minimum absolute atomic E-state index is 0.192. The molecular weight excluding hydrogens is 348 g/mol. The largest absolute Gasteiger partial charge is 0.359 e. The van der Waals surface area contributed by atoms with E-state index >= 15 is 0 Å². The summed E-state index contributed by atoms with van der Waals surface area (Å²) in [4.78, 5) is 4.63. The maximum Gasteiger partial charge on any atom is 0.191 e. The van der Waals surface area contributed by atoms with Gasteiger partial charge in [-0.3, -0.25) is 0 Å². The molecule has 3 rings (SSSR count). The predicted molar refractivity (Wildman–Crippen MR) is 106 cm³/mol. The number of rotatable bonds is 7. The van der Waals surface area contributed by atoms with Crippen LogP contribution in [0.15, 0.2) is 39.8 Å². The second kappa shape index (κ2) is 8.12. The van der Waals surface area contributed by atoms with Crippen LogP contribution in [-0.2, 0) is 12.0 Å². The van der Waals surface area contributed by atoms with E-state index in [-0.39, 0.29) is 5.41 Å². The first-order chi connectivity index (χ1) is 12.5. The van der Waals surface area contributed by atoms with Gasteiger partial charge < -0.3 is 15.2 Å². The first-order valence-electron chi connectivity index (χ1n) is 9.26. The monoisotopic (exact) mass is 374 g/mol. The molecule has 0 saturated heterocycles. The van der Waals surface area contributed by atoms with E-state index in [4.69, 9.17) is 16.1 Å². The number of benzene rings is 1. The molecule has 0 bridgehead atoms. The minimum Gasteiger partial charge on any atom is -0.359 e. The molecule has 5 nitrogen and oxygen atoms in total. The van der Waals surface area contributed by atoms with Crippen LogP contribution in [0.5, 0.6) is 0 Å². The van der Waals surface area contributed by atoms with Gasteiger partial charge in [0.25, 0.3) is 0 Å². The normalized spacial score (nSPS) is 16.0. The molecule has 0 atom stereocenters. The number of aliphatic imine (C=N–C) groups is 1. The summed E-state index contributed by atoms with van der Waals surface area (Å²) in [5.41, 5.74) is 2.49. The van der Waals surface area contributed by atoms with E-state index in [1.165, 1.54) is 18.4 Å². The maximum absolute atomic E-state index is 6.01. The maximum atomic E-state index is 6.01. The van der Waals surface area contributed by atoms with E-state index in [1.54, 1.807) is 0 Å². The molecule has 2 N–H and O–H groups in total. The average Bonchev–Trinajstić information content (AvgIpc) is 3.26. The van der Waals surface area contributed by atoms with E-state index in [9.17, 15) is 0 Å². The molecule has 0 aliphatic heterocycles. The Morgan fingerprint density at radius 2 is 2.00 bits per heavy atom. The van der Waals surface area contributed by atoms with Crippen LogP contribution in [0.2, 0.25) is 5.02 Å². The summed E-state index contributed by atoms with van der Waals surface area (Å²) in [5, 5.41) is 11.6. The summed E-state index contributed by atoms with van der Waals surface area (Å²) < 4.78 is 5.37. The van der Waals surface area contributed by atoms with Crippen molar-refractivity contribution >= 4 is 17.6 Å². The Kier molecular flexibility index (Phi) is 5.87. The lowest BCUT2D eigenvalue weighted by molar-refractivity contribution is 0.376. The number of nitrogens with zero attached hydrogens (tertiary/aromatic N) is 2. The third-order valence-corrected chi connectivity index (χ3v) is 5.06. The molecule has 1 saturated carbocycles. The van der Waals surface area contributed by atoms with E-state index in [0.29, 0.717) is 12.5 Å². The molecule has 0 radical (unpaired) electrons. The summed E-state index contributed by atoms with van der Waals surface area (Å²) in [5.74, 6) is 1.94. The van der Waals surface area contributed by atoms with Gasteiger partial charge in [0.15, 0.2) is 11.7 Å². The van der Waals surface area contributed by atoms with Crippen molar-refractivity contribution in [2.45, 2.75) is 51.5 Å². The molecule has 0 unspecified atom stereocenters. The highest BCUT2D eigenvalue weighted by molar-refractivity contribution is 6.30. The van der Waals surface area contributed by atoms with Crippen LogP contribution in [0.4, 0.5) is 0 Å². The van der Waals surface area contributed by atoms with Crippen LogP contribution in [0.25, 0.3) is 0 Å². The fourth-order valence-electron chi connectivity index (χ4n) is 2.95. The van der Waals surface area contributed by atoms with Gasteiger partial charge in [-0.25, -0.2) is 4.99 Å². The number of halogens is 1. The average molecular weight is 375 g/mol. The Morgan fingerprint density at radius 1 is 1.27 bits per heavy atom. The van der Waals surface area contributed by atoms with Crippen molar-refractivity contribution in [2.75, 3.05) is 13.1 Å². The minimum atomic E-state index is 0.192. The lowest BCUT2D eigenvalue weighted by Gasteiger charge is -2.19. The Balaban J connectivity index is 1.61. The standard InChI is InChI=1S/C20H27ClN4O/c1-4-22-19(23-12-17-11-18(14(2)3)25-26-17)24-13-20(9-10-20)15-5-7-16(21)8-6-15/h5-8,11,14H,4,9-10,12-13H2,1-3H3,(H2,22,23,24). The smallest absolute Gasteiger partial charge is 0.191 e. The van der Waals surface area contributed by atoms with Crippen molar-refractivity contribution in [1.82, 2.24) is 15.8 Å². The molecule has 26 heavy (non-hydrogen) atoms. The van der Waals surface area contributed by atoms with E-state index < -0.39 is 0 Å². The Labute approximate surface area is 160 Å². The van der Waals surface area contributed by atoms with Crippen molar-refractivity contribution in [2.24, 2.45) is 4.99 Å². The third kappa shape index (κ3) is 4.58. The summed E-state index contributed by atoms with van der Waals surface area (Å²) in [6.07, 6.45) is 2.36. The van der Waals surface area contributed by atoms with E-state index in [2.05, 4.69) is 53.7 Å². The van der Waals surface area contributed by atoms with Gasteiger partial charge in [0, 0.05) is 29.6 Å². The zero-order chi connectivity index (χ0) is 18.6. The summed E-state index contributed by atoms with van der Waals surface area (Å²) in [7, 11) is 0. The fourth-order valence-corrected chi connectivity index (χ4v) is 3.08. The van der Waals surface area contributed by atoms with Crippen LogP contribution < -0.4 is 10.6 Å². The fraction of sp³-hybridized carbons (Fsp3) is 0.500. The van der Waals surface area contributed by atoms with Crippen molar-refractivity contribution in [3.05, 3.63) is 52.4 Å². The van der Waals surface area contributed by atoms with E-state index in [0.717, 1.165) is 35.5 Å². The molecule has 1 aromatic carbocycles. The summed E-state index contributed by atoms with van der Waals surface area (Å²) in [6.45, 7) is 8.41. The van der Waals surface area contributed by atoms with Gasteiger partial charge in [0.2, 0.25) is 0 Å². The zero-order valence-electron chi connectivity index (χ0n) is 15.7. The zero-order valence-corrected chi connectivity index (χ0v) is 16.4. The van der Waals surface area contributed by atoms with Crippen molar-refractivity contribution in [3.8, 4) is 0 Å². The van der Waals surface area contributed by atoms with Gasteiger partial charge in [0.1, 0.15) is 6.54 Å². The molecule has 1 aromatic heterocycles. The first kappa shape index (κ1) is 18.8. The quantitative estimate of drug-likeness (QED) is 0.562. The van der Waals surface area contributed by atoms with Gasteiger partial charge in [-0.2, -0.15) is 0 Å². The van der Waals surface area contributed by atoms with Gasteiger partial charge in [-0.1, -0.05) is 42.7 Å². The topological polar surface area (TPSA) is 62.5 Å². The highest BCUT2D eigenvalue weighted by Crippen LogP contribution is 2.47. The van der Waals surface area contributed by atoms with Crippen LogP contribution in [0.1, 0.15) is 56.5 Å². The molecule has 0 spiro atoms. The molecule has 1 aliphatic carbocycles. The molecule has 2 aromatic rings. The highest BCUT2D eigenvalue weighted by Gasteiger charge is 2.44. The molecule has 1 aliphatic rings. The van der Waals surface area contributed by atoms with Crippen LogP contribution >= 0.6 is 11.6 Å². The van der Waals surface area contributed by atoms with Gasteiger partial charge in [0.05, 0.1) is 5.69 Å².